The van der Waals surface area contributed by atoms with E-state index in [1.165, 1.54) is 12.8 Å². The minimum atomic E-state index is -0.930. The predicted molar refractivity (Wildman–Crippen MR) is 122 cm³/mol. The quantitative estimate of drug-likeness (QED) is 0.411. The SMILES string of the molecule is C[C@H]1C[C@@H](OC(O)c2ccccc2C2OC2O[C@@H]2C[C@H](C)CC(C)(C)C2)CC(C)(C)C1. The van der Waals surface area contributed by atoms with Gasteiger partial charge >= 0.3 is 0 Å². The fourth-order valence-electron chi connectivity index (χ4n) is 6.59. The highest BCUT2D eigenvalue weighted by Gasteiger charge is 2.46. The Hall–Kier alpha value is -0.940. The summed E-state index contributed by atoms with van der Waals surface area (Å²) in [5.41, 5.74) is 2.38. The first kappa shape index (κ1) is 23.2. The molecular weight excluding hydrogens is 388 g/mol. The Bertz CT molecular complexity index is 757. The van der Waals surface area contributed by atoms with E-state index in [1.807, 2.05) is 24.3 Å². The molecule has 1 N–H and O–H groups in total. The van der Waals surface area contributed by atoms with Crippen LogP contribution in [0.2, 0.25) is 0 Å². The maximum atomic E-state index is 11.0. The summed E-state index contributed by atoms with van der Waals surface area (Å²) in [5.74, 6) is 1.29. The lowest BCUT2D eigenvalue weighted by Gasteiger charge is -2.39. The second kappa shape index (κ2) is 8.78. The first-order valence-corrected chi connectivity index (χ1v) is 12.2. The van der Waals surface area contributed by atoms with Gasteiger partial charge in [-0.25, -0.2) is 0 Å². The largest absolute Gasteiger partial charge is 0.364 e. The number of rotatable bonds is 6. The van der Waals surface area contributed by atoms with Gasteiger partial charge in [-0.1, -0.05) is 65.8 Å². The van der Waals surface area contributed by atoms with Crippen LogP contribution >= 0.6 is 0 Å². The molecule has 2 saturated carbocycles. The van der Waals surface area contributed by atoms with Crippen LogP contribution in [-0.4, -0.2) is 23.6 Å². The van der Waals surface area contributed by atoms with E-state index in [1.54, 1.807) is 0 Å². The normalized spacial score (nSPS) is 37.9. The monoisotopic (exact) mass is 430 g/mol. The molecule has 0 spiro atoms. The molecule has 31 heavy (non-hydrogen) atoms. The minimum Gasteiger partial charge on any atom is -0.364 e. The van der Waals surface area contributed by atoms with Crippen molar-refractivity contribution >= 4 is 0 Å². The molecule has 4 nitrogen and oxygen atoms in total. The molecule has 0 radical (unpaired) electrons. The molecule has 3 unspecified atom stereocenters. The Morgan fingerprint density at radius 2 is 1.48 bits per heavy atom. The number of hydrogen-bond donors (Lipinski definition) is 1. The molecule has 1 saturated heterocycles. The van der Waals surface area contributed by atoms with Crippen molar-refractivity contribution in [2.45, 2.75) is 111 Å². The Labute approximate surface area is 188 Å². The standard InChI is InChI=1S/C27H42O4/c1-17-11-19(15-26(3,4)13-17)29-24(28)22-10-8-7-9-21(22)23-25(31-23)30-20-12-18(2)14-27(5,6)16-20/h7-10,17-20,23-25,28H,11-16H2,1-6H3/t17-,18-,19+,20+,23?,24?,25?/m0/s1. The van der Waals surface area contributed by atoms with E-state index in [0.717, 1.165) is 36.8 Å². The van der Waals surface area contributed by atoms with Crippen molar-refractivity contribution in [2.24, 2.45) is 22.7 Å². The van der Waals surface area contributed by atoms with E-state index in [-0.39, 0.29) is 30.0 Å². The summed E-state index contributed by atoms with van der Waals surface area (Å²) in [4.78, 5) is 0. The molecule has 174 valence electrons. The summed E-state index contributed by atoms with van der Waals surface area (Å²) in [6.45, 7) is 13.9. The second-order valence-corrected chi connectivity index (χ2v) is 12.2. The molecule has 2 aliphatic carbocycles. The zero-order chi connectivity index (χ0) is 22.4. The van der Waals surface area contributed by atoms with Crippen LogP contribution in [0.15, 0.2) is 24.3 Å². The molecule has 4 heteroatoms. The predicted octanol–water partition coefficient (Wildman–Crippen LogP) is 6.54. The molecule has 1 aromatic rings. The fraction of sp³-hybridized carbons (Fsp3) is 0.778. The van der Waals surface area contributed by atoms with Crippen molar-refractivity contribution in [3.8, 4) is 0 Å². The molecule has 7 atom stereocenters. The number of ether oxygens (including phenoxy) is 3. The first-order chi connectivity index (χ1) is 14.5. The van der Waals surface area contributed by atoms with Gasteiger partial charge in [-0.15, -0.1) is 0 Å². The molecule has 1 heterocycles. The van der Waals surface area contributed by atoms with Gasteiger partial charge in [0.1, 0.15) is 6.10 Å². The molecule has 1 aromatic carbocycles. The Morgan fingerprint density at radius 3 is 2.13 bits per heavy atom. The van der Waals surface area contributed by atoms with Gasteiger partial charge in [0, 0.05) is 5.56 Å². The third-order valence-corrected chi connectivity index (χ3v) is 7.36. The van der Waals surface area contributed by atoms with Crippen LogP contribution < -0.4 is 0 Å². The Balaban J connectivity index is 1.39. The van der Waals surface area contributed by atoms with E-state index in [9.17, 15) is 5.11 Å². The van der Waals surface area contributed by atoms with E-state index >= 15 is 0 Å². The highest BCUT2D eigenvalue weighted by molar-refractivity contribution is 5.32. The highest BCUT2D eigenvalue weighted by atomic mass is 16.8. The van der Waals surface area contributed by atoms with Gasteiger partial charge in [0.25, 0.3) is 0 Å². The summed E-state index contributed by atoms with van der Waals surface area (Å²) in [5, 5.41) is 11.0. The van der Waals surface area contributed by atoms with Crippen LogP contribution in [0.3, 0.4) is 0 Å². The zero-order valence-electron chi connectivity index (χ0n) is 20.3. The number of aliphatic hydroxyl groups excluding tert-OH is 1. The third kappa shape index (κ3) is 5.90. The topological polar surface area (TPSA) is 51.2 Å². The van der Waals surface area contributed by atoms with Crippen molar-refractivity contribution in [1.29, 1.82) is 0 Å². The van der Waals surface area contributed by atoms with Crippen molar-refractivity contribution < 1.29 is 19.3 Å². The molecular formula is C27H42O4. The van der Waals surface area contributed by atoms with Crippen molar-refractivity contribution in [2.75, 3.05) is 0 Å². The lowest BCUT2D eigenvalue weighted by molar-refractivity contribution is -0.162. The van der Waals surface area contributed by atoms with Gasteiger partial charge in [0.05, 0.1) is 12.2 Å². The number of hydrogen-bond acceptors (Lipinski definition) is 4. The van der Waals surface area contributed by atoms with Crippen LogP contribution in [-0.2, 0) is 14.2 Å². The molecule has 0 bridgehead atoms. The van der Waals surface area contributed by atoms with Crippen molar-refractivity contribution in [3.05, 3.63) is 35.4 Å². The van der Waals surface area contributed by atoms with E-state index in [0.29, 0.717) is 17.3 Å². The zero-order valence-corrected chi connectivity index (χ0v) is 20.3. The summed E-state index contributed by atoms with van der Waals surface area (Å²) in [7, 11) is 0. The van der Waals surface area contributed by atoms with Crippen LogP contribution in [0.25, 0.3) is 0 Å². The average molecular weight is 431 g/mol. The van der Waals surface area contributed by atoms with Gasteiger partial charge in [-0.3, -0.25) is 0 Å². The lowest BCUT2D eigenvalue weighted by Crippen LogP contribution is -2.33. The number of benzene rings is 1. The summed E-state index contributed by atoms with van der Waals surface area (Å²) < 4.78 is 18.5. The number of aliphatic hydroxyl groups is 1. The smallest absolute Gasteiger partial charge is 0.189 e. The van der Waals surface area contributed by atoms with Crippen molar-refractivity contribution in [1.82, 2.24) is 0 Å². The van der Waals surface area contributed by atoms with E-state index in [4.69, 9.17) is 14.2 Å². The van der Waals surface area contributed by atoms with Crippen LogP contribution in [0, 0.1) is 22.7 Å². The van der Waals surface area contributed by atoms with Gasteiger partial charge in [0.2, 0.25) is 0 Å². The Morgan fingerprint density at radius 1 is 0.903 bits per heavy atom. The van der Waals surface area contributed by atoms with E-state index < -0.39 is 6.29 Å². The summed E-state index contributed by atoms with van der Waals surface area (Å²) in [6, 6.07) is 7.96. The third-order valence-electron chi connectivity index (χ3n) is 7.36. The molecule has 4 rings (SSSR count). The lowest BCUT2D eigenvalue weighted by atomic mass is 9.71. The number of epoxide rings is 1. The molecule has 0 amide bonds. The van der Waals surface area contributed by atoms with Gasteiger partial charge in [-0.2, -0.15) is 0 Å². The van der Waals surface area contributed by atoms with Crippen LogP contribution in [0.1, 0.15) is 104 Å². The van der Waals surface area contributed by atoms with Gasteiger partial charge in [-0.05, 0) is 66.8 Å². The summed E-state index contributed by atoms with van der Waals surface area (Å²) in [6.07, 6.45) is 5.70. The molecule has 3 fully saturated rings. The Kier molecular flexibility index (Phi) is 6.58. The molecule has 0 aromatic heterocycles. The van der Waals surface area contributed by atoms with Gasteiger partial charge < -0.3 is 19.3 Å². The first-order valence-electron chi connectivity index (χ1n) is 12.2. The molecule has 1 aliphatic heterocycles. The second-order valence-electron chi connectivity index (χ2n) is 12.2. The van der Waals surface area contributed by atoms with Gasteiger partial charge in [0.15, 0.2) is 12.6 Å². The average Bonchev–Trinajstić information content (AvgIpc) is 3.36. The minimum absolute atomic E-state index is 0.0833. The molecule has 3 aliphatic rings. The van der Waals surface area contributed by atoms with E-state index in [2.05, 4.69) is 41.5 Å². The maximum absolute atomic E-state index is 11.0. The van der Waals surface area contributed by atoms with Crippen LogP contribution in [0.4, 0.5) is 0 Å². The van der Waals surface area contributed by atoms with Crippen LogP contribution in [0.5, 0.6) is 0 Å². The maximum Gasteiger partial charge on any atom is 0.189 e. The fourth-order valence-corrected chi connectivity index (χ4v) is 6.59. The highest BCUT2D eigenvalue weighted by Crippen LogP contribution is 2.47. The summed E-state index contributed by atoms with van der Waals surface area (Å²) >= 11 is 0. The van der Waals surface area contributed by atoms with Crippen molar-refractivity contribution in [3.63, 3.8) is 0 Å².